The third kappa shape index (κ3) is 4.19. The molecule has 0 aliphatic rings. The minimum atomic E-state index is -0.259. The molecule has 1 aromatic carbocycles. The van der Waals surface area contributed by atoms with Gasteiger partial charge in [0.25, 0.3) is 11.5 Å². The molecule has 7 heteroatoms. The van der Waals surface area contributed by atoms with E-state index in [2.05, 4.69) is 41.2 Å². The van der Waals surface area contributed by atoms with Crippen LogP contribution in [0.5, 0.6) is 0 Å². The highest BCUT2D eigenvalue weighted by Gasteiger charge is 2.18. The van der Waals surface area contributed by atoms with Crippen molar-refractivity contribution in [2.75, 3.05) is 5.32 Å². The topological polar surface area (TPSA) is 92.7 Å². The fourth-order valence-electron chi connectivity index (χ4n) is 2.84. The summed E-state index contributed by atoms with van der Waals surface area (Å²) in [6, 6.07) is 10.7. The number of anilines is 1. The van der Waals surface area contributed by atoms with Gasteiger partial charge in [0.15, 0.2) is 0 Å². The Balaban J connectivity index is 1.95. The summed E-state index contributed by atoms with van der Waals surface area (Å²) >= 11 is 0. The van der Waals surface area contributed by atoms with Crippen LogP contribution in [0.3, 0.4) is 0 Å². The molecule has 0 saturated carbocycles. The maximum Gasteiger partial charge on any atom is 0.256 e. The van der Waals surface area contributed by atoms with E-state index in [1.54, 1.807) is 12.1 Å². The lowest BCUT2D eigenvalue weighted by molar-refractivity contribution is 0.102. The highest BCUT2D eigenvalue weighted by molar-refractivity contribution is 6.04. The number of nitrogens with zero attached hydrogens (tertiary/aromatic N) is 3. The number of H-pyrrole nitrogens is 1. The molecule has 0 unspecified atom stereocenters. The largest absolute Gasteiger partial charge is 0.306 e. The summed E-state index contributed by atoms with van der Waals surface area (Å²) in [4.78, 5) is 31.8. The average molecular weight is 379 g/mol. The normalized spacial score (nSPS) is 11.5. The van der Waals surface area contributed by atoms with E-state index in [9.17, 15) is 9.59 Å². The van der Waals surface area contributed by atoms with Gasteiger partial charge in [-0.05, 0) is 36.5 Å². The lowest BCUT2D eigenvalue weighted by atomic mass is 9.86. The standard InChI is InChI=1S/C21H25N5O2/c1-6-16-12-18(27)24-20(22-16)26-17(10-13(2)25-26)23-19(28)14-8-7-9-15(11-14)21(3,4)5/h7-12H,6H2,1-5H3,(H,23,28)(H,22,24,27). The number of aromatic nitrogens is 4. The maximum atomic E-state index is 12.8. The molecule has 0 radical (unpaired) electrons. The van der Waals surface area contributed by atoms with E-state index in [0.717, 1.165) is 5.56 Å². The molecule has 0 saturated heterocycles. The smallest absolute Gasteiger partial charge is 0.256 e. The molecule has 0 spiro atoms. The van der Waals surface area contributed by atoms with Gasteiger partial charge in [-0.3, -0.25) is 14.6 Å². The number of amides is 1. The molecule has 146 valence electrons. The summed E-state index contributed by atoms with van der Waals surface area (Å²) in [5.41, 5.74) is 2.67. The Morgan fingerprint density at radius 2 is 1.96 bits per heavy atom. The fourth-order valence-corrected chi connectivity index (χ4v) is 2.84. The van der Waals surface area contributed by atoms with Gasteiger partial charge in [0.05, 0.1) is 5.69 Å². The fraction of sp³-hybridized carbons (Fsp3) is 0.333. The van der Waals surface area contributed by atoms with Crippen LogP contribution in [0.15, 0.2) is 41.2 Å². The predicted molar refractivity (Wildman–Crippen MR) is 109 cm³/mol. The summed E-state index contributed by atoms with van der Waals surface area (Å²) < 4.78 is 1.45. The summed E-state index contributed by atoms with van der Waals surface area (Å²) in [6.45, 7) is 10.0. The quantitative estimate of drug-likeness (QED) is 0.727. The molecule has 0 aliphatic heterocycles. The number of rotatable bonds is 4. The van der Waals surface area contributed by atoms with Crippen LogP contribution < -0.4 is 10.9 Å². The SMILES string of the molecule is CCc1cc(=O)[nH]c(-n2nc(C)cc2NC(=O)c2cccc(C(C)(C)C)c2)n1. The minimum absolute atomic E-state index is 0.0569. The monoisotopic (exact) mass is 379 g/mol. The van der Waals surface area contributed by atoms with Crippen molar-refractivity contribution in [2.45, 2.75) is 46.5 Å². The van der Waals surface area contributed by atoms with Crippen LogP contribution in [0.4, 0.5) is 5.82 Å². The van der Waals surface area contributed by atoms with Gasteiger partial charge < -0.3 is 5.32 Å². The Hall–Kier alpha value is -3.22. The molecule has 0 aliphatic carbocycles. The second-order valence-corrected chi connectivity index (χ2v) is 7.78. The van der Waals surface area contributed by atoms with E-state index < -0.39 is 0 Å². The van der Waals surface area contributed by atoms with Crippen LogP contribution in [0.25, 0.3) is 5.95 Å². The van der Waals surface area contributed by atoms with Crippen LogP contribution in [-0.4, -0.2) is 25.7 Å². The molecule has 2 aromatic heterocycles. The van der Waals surface area contributed by atoms with Crippen molar-refractivity contribution in [3.05, 3.63) is 69.3 Å². The molecule has 0 bridgehead atoms. The molecule has 1 amide bonds. The molecule has 3 rings (SSSR count). The van der Waals surface area contributed by atoms with Crippen molar-refractivity contribution in [1.82, 2.24) is 19.7 Å². The number of hydrogen-bond acceptors (Lipinski definition) is 4. The van der Waals surface area contributed by atoms with Crippen molar-refractivity contribution in [3.8, 4) is 5.95 Å². The zero-order chi connectivity index (χ0) is 20.5. The molecule has 0 atom stereocenters. The Kier molecular flexibility index (Phi) is 5.18. The van der Waals surface area contributed by atoms with Crippen molar-refractivity contribution < 1.29 is 4.79 Å². The van der Waals surface area contributed by atoms with E-state index in [0.29, 0.717) is 29.2 Å². The third-order valence-electron chi connectivity index (χ3n) is 4.41. The van der Waals surface area contributed by atoms with Crippen molar-refractivity contribution >= 4 is 11.7 Å². The van der Waals surface area contributed by atoms with Gasteiger partial charge in [0.1, 0.15) is 5.82 Å². The summed E-state index contributed by atoms with van der Waals surface area (Å²) in [7, 11) is 0. The Morgan fingerprint density at radius 3 is 2.64 bits per heavy atom. The highest BCUT2D eigenvalue weighted by Crippen LogP contribution is 2.23. The van der Waals surface area contributed by atoms with Crippen LogP contribution in [0.2, 0.25) is 0 Å². The first-order valence-corrected chi connectivity index (χ1v) is 9.26. The van der Waals surface area contributed by atoms with Crippen LogP contribution in [-0.2, 0) is 11.8 Å². The molecular formula is C21H25N5O2. The summed E-state index contributed by atoms with van der Waals surface area (Å²) in [5.74, 6) is 0.470. The van der Waals surface area contributed by atoms with E-state index in [-0.39, 0.29) is 22.8 Å². The summed E-state index contributed by atoms with van der Waals surface area (Å²) in [5, 5.41) is 7.25. The first kappa shape index (κ1) is 19.5. The molecule has 28 heavy (non-hydrogen) atoms. The van der Waals surface area contributed by atoms with E-state index in [1.807, 2.05) is 32.0 Å². The number of hydrogen-bond donors (Lipinski definition) is 2. The van der Waals surface area contributed by atoms with Crippen molar-refractivity contribution in [3.63, 3.8) is 0 Å². The van der Waals surface area contributed by atoms with Gasteiger partial charge >= 0.3 is 0 Å². The van der Waals surface area contributed by atoms with Crippen LogP contribution in [0, 0.1) is 6.92 Å². The Labute approximate surface area is 163 Å². The van der Waals surface area contributed by atoms with E-state index >= 15 is 0 Å². The van der Waals surface area contributed by atoms with Crippen molar-refractivity contribution in [2.24, 2.45) is 0 Å². The predicted octanol–water partition coefficient (Wildman–Crippen LogP) is 3.38. The lowest BCUT2D eigenvalue weighted by Gasteiger charge is -2.19. The highest BCUT2D eigenvalue weighted by atomic mass is 16.1. The number of nitrogens with one attached hydrogen (secondary N) is 2. The van der Waals surface area contributed by atoms with Crippen LogP contribution >= 0.6 is 0 Å². The van der Waals surface area contributed by atoms with E-state index in [4.69, 9.17) is 0 Å². The van der Waals surface area contributed by atoms with E-state index in [1.165, 1.54) is 10.7 Å². The Morgan fingerprint density at radius 1 is 1.21 bits per heavy atom. The average Bonchev–Trinajstić information content (AvgIpc) is 3.00. The Bertz CT molecular complexity index is 1070. The summed E-state index contributed by atoms with van der Waals surface area (Å²) in [6.07, 6.45) is 0.623. The zero-order valence-corrected chi connectivity index (χ0v) is 16.8. The molecule has 0 fully saturated rings. The number of carbonyl (C=O) groups excluding carboxylic acids is 1. The molecular weight excluding hydrogens is 354 g/mol. The third-order valence-corrected chi connectivity index (χ3v) is 4.41. The lowest BCUT2D eigenvalue weighted by Crippen LogP contribution is -2.20. The first-order valence-electron chi connectivity index (χ1n) is 9.26. The van der Waals surface area contributed by atoms with Gasteiger partial charge in [-0.1, -0.05) is 39.8 Å². The second-order valence-electron chi connectivity index (χ2n) is 7.78. The van der Waals surface area contributed by atoms with Gasteiger partial charge in [0, 0.05) is 23.4 Å². The molecule has 3 aromatic rings. The number of carbonyl (C=O) groups is 1. The molecule has 7 nitrogen and oxygen atoms in total. The minimum Gasteiger partial charge on any atom is -0.306 e. The maximum absolute atomic E-state index is 12.8. The van der Waals surface area contributed by atoms with Gasteiger partial charge in [-0.2, -0.15) is 9.78 Å². The number of aromatic amines is 1. The molecule has 2 heterocycles. The number of aryl methyl sites for hydroxylation is 2. The van der Waals surface area contributed by atoms with Crippen molar-refractivity contribution in [1.29, 1.82) is 0 Å². The molecule has 2 N–H and O–H groups in total. The van der Waals surface area contributed by atoms with Gasteiger partial charge in [-0.25, -0.2) is 4.98 Å². The second kappa shape index (κ2) is 7.42. The number of benzene rings is 1. The van der Waals surface area contributed by atoms with Crippen LogP contribution in [0.1, 0.15) is 55.0 Å². The van der Waals surface area contributed by atoms with Gasteiger partial charge in [-0.15, -0.1) is 0 Å². The first-order chi connectivity index (χ1) is 13.2. The zero-order valence-electron chi connectivity index (χ0n) is 16.8. The van der Waals surface area contributed by atoms with Gasteiger partial charge in [0.2, 0.25) is 5.95 Å².